The van der Waals surface area contributed by atoms with E-state index in [2.05, 4.69) is 17.0 Å². The van der Waals surface area contributed by atoms with Crippen molar-refractivity contribution in [2.45, 2.75) is 51.3 Å². The summed E-state index contributed by atoms with van der Waals surface area (Å²) in [5, 5.41) is 0. The van der Waals surface area contributed by atoms with E-state index in [4.69, 9.17) is 14.2 Å². The van der Waals surface area contributed by atoms with Crippen LogP contribution in [0.4, 0.5) is 0 Å². The molecule has 5 heteroatoms. The zero-order chi connectivity index (χ0) is 15.7. The molecular formula is C17H23NO4. The molecule has 3 unspecified atom stereocenters. The Labute approximate surface area is 131 Å². The SMILES string of the molecule is CCOC(=O)C1C([C@H]2COC(C)(C)O2)N1Cc1ccccc1. The molecule has 0 N–H and O–H groups in total. The number of hydrogen-bond donors (Lipinski definition) is 0. The average Bonchev–Trinajstić information content (AvgIpc) is 3.07. The first-order valence-corrected chi connectivity index (χ1v) is 7.80. The maximum atomic E-state index is 12.2. The van der Waals surface area contributed by atoms with Crippen molar-refractivity contribution in [3.63, 3.8) is 0 Å². The topological polar surface area (TPSA) is 47.8 Å². The summed E-state index contributed by atoms with van der Waals surface area (Å²) in [7, 11) is 0. The normalized spacial score (nSPS) is 32.7. The van der Waals surface area contributed by atoms with Crippen LogP contribution in [0.25, 0.3) is 0 Å². The number of esters is 1. The minimum atomic E-state index is -0.578. The Balaban J connectivity index is 1.70. The third kappa shape index (κ3) is 3.16. The Hall–Kier alpha value is -1.43. The lowest BCUT2D eigenvalue weighted by Gasteiger charge is -2.17. The molecule has 2 fully saturated rings. The summed E-state index contributed by atoms with van der Waals surface area (Å²) in [6.07, 6.45) is -0.0897. The van der Waals surface area contributed by atoms with Gasteiger partial charge in [-0.2, -0.15) is 0 Å². The number of carbonyl (C=O) groups excluding carboxylic acids is 1. The quantitative estimate of drug-likeness (QED) is 0.615. The molecule has 0 radical (unpaired) electrons. The van der Waals surface area contributed by atoms with E-state index in [0.29, 0.717) is 13.2 Å². The van der Waals surface area contributed by atoms with Crippen LogP contribution in [0.3, 0.4) is 0 Å². The summed E-state index contributed by atoms with van der Waals surface area (Å²) in [6.45, 7) is 7.25. The number of benzene rings is 1. The van der Waals surface area contributed by atoms with Crippen LogP contribution >= 0.6 is 0 Å². The highest BCUT2D eigenvalue weighted by atomic mass is 16.7. The van der Waals surface area contributed by atoms with Gasteiger partial charge in [0.1, 0.15) is 12.1 Å². The molecule has 1 aromatic carbocycles. The Kier molecular flexibility index (Phi) is 4.21. The van der Waals surface area contributed by atoms with Crippen LogP contribution in [0.2, 0.25) is 0 Å². The third-order valence-corrected chi connectivity index (χ3v) is 4.12. The number of ether oxygens (including phenoxy) is 3. The second-order valence-electron chi connectivity index (χ2n) is 6.21. The predicted octanol–water partition coefficient (Wildman–Crippen LogP) is 1.95. The highest BCUT2D eigenvalue weighted by molar-refractivity contribution is 5.80. The van der Waals surface area contributed by atoms with E-state index in [9.17, 15) is 4.79 Å². The number of nitrogens with zero attached hydrogens (tertiary/aromatic N) is 1. The molecule has 120 valence electrons. The van der Waals surface area contributed by atoms with Gasteiger partial charge >= 0.3 is 5.97 Å². The molecular weight excluding hydrogens is 282 g/mol. The van der Waals surface area contributed by atoms with Crippen LogP contribution in [0.5, 0.6) is 0 Å². The molecule has 2 aliphatic heterocycles. The fraction of sp³-hybridized carbons (Fsp3) is 0.588. The maximum Gasteiger partial charge on any atom is 0.325 e. The highest BCUT2D eigenvalue weighted by Crippen LogP contribution is 2.39. The van der Waals surface area contributed by atoms with E-state index in [1.807, 2.05) is 39.0 Å². The summed E-state index contributed by atoms with van der Waals surface area (Å²) in [5.74, 6) is -0.748. The lowest BCUT2D eigenvalue weighted by atomic mass is 10.2. The fourth-order valence-corrected chi connectivity index (χ4v) is 3.10. The zero-order valence-electron chi connectivity index (χ0n) is 13.3. The Morgan fingerprint density at radius 3 is 2.68 bits per heavy atom. The monoisotopic (exact) mass is 305 g/mol. The Morgan fingerprint density at radius 2 is 2.09 bits per heavy atom. The summed E-state index contributed by atoms with van der Waals surface area (Å²) in [6, 6.07) is 9.92. The van der Waals surface area contributed by atoms with Gasteiger partial charge in [-0.25, -0.2) is 0 Å². The Morgan fingerprint density at radius 1 is 1.36 bits per heavy atom. The molecule has 0 aliphatic carbocycles. The average molecular weight is 305 g/mol. The van der Waals surface area contributed by atoms with Gasteiger partial charge in [0.05, 0.1) is 19.3 Å². The van der Waals surface area contributed by atoms with E-state index in [1.165, 1.54) is 5.56 Å². The van der Waals surface area contributed by atoms with Crippen LogP contribution in [0.15, 0.2) is 30.3 Å². The lowest BCUT2D eigenvalue weighted by molar-refractivity contribution is -0.145. The molecule has 0 bridgehead atoms. The molecule has 2 heterocycles. The lowest BCUT2D eigenvalue weighted by Crippen LogP contribution is -2.27. The van der Waals surface area contributed by atoms with Crippen LogP contribution < -0.4 is 0 Å². The smallest absolute Gasteiger partial charge is 0.325 e. The summed E-state index contributed by atoms with van der Waals surface area (Å²) >= 11 is 0. The molecule has 0 aromatic heterocycles. The van der Waals surface area contributed by atoms with E-state index in [-0.39, 0.29) is 24.2 Å². The van der Waals surface area contributed by atoms with E-state index in [0.717, 1.165) is 6.54 Å². The van der Waals surface area contributed by atoms with Gasteiger partial charge in [0.25, 0.3) is 0 Å². The van der Waals surface area contributed by atoms with Crippen LogP contribution in [-0.4, -0.2) is 48.1 Å². The van der Waals surface area contributed by atoms with E-state index in [1.54, 1.807) is 0 Å². The summed E-state index contributed by atoms with van der Waals surface area (Å²) in [4.78, 5) is 14.3. The van der Waals surface area contributed by atoms with E-state index < -0.39 is 5.79 Å². The Bertz CT molecular complexity index is 531. The third-order valence-electron chi connectivity index (χ3n) is 4.12. The molecule has 0 amide bonds. The predicted molar refractivity (Wildman–Crippen MR) is 81.1 cm³/mol. The number of carbonyl (C=O) groups is 1. The van der Waals surface area contributed by atoms with Gasteiger partial charge in [0, 0.05) is 6.54 Å². The molecule has 22 heavy (non-hydrogen) atoms. The van der Waals surface area contributed by atoms with Crippen LogP contribution in [0.1, 0.15) is 26.3 Å². The largest absolute Gasteiger partial charge is 0.465 e. The van der Waals surface area contributed by atoms with Crippen molar-refractivity contribution in [1.82, 2.24) is 4.90 Å². The van der Waals surface area contributed by atoms with Crippen molar-refractivity contribution in [2.24, 2.45) is 0 Å². The highest BCUT2D eigenvalue weighted by Gasteiger charge is 2.59. The van der Waals surface area contributed by atoms with Crippen molar-refractivity contribution in [1.29, 1.82) is 0 Å². The van der Waals surface area contributed by atoms with Gasteiger partial charge in [-0.1, -0.05) is 30.3 Å². The van der Waals surface area contributed by atoms with E-state index >= 15 is 0 Å². The number of hydrogen-bond acceptors (Lipinski definition) is 5. The molecule has 1 aromatic rings. The second-order valence-corrected chi connectivity index (χ2v) is 6.21. The molecule has 2 aliphatic rings. The first-order valence-electron chi connectivity index (χ1n) is 7.80. The fourth-order valence-electron chi connectivity index (χ4n) is 3.10. The summed E-state index contributed by atoms with van der Waals surface area (Å²) in [5.41, 5.74) is 1.18. The second kappa shape index (κ2) is 5.99. The van der Waals surface area contributed by atoms with Crippen molar-refractivity contribution in [3.05, 3.63) is 35.9 Å². The van der Waals surface area contributed by atoms with Crippen molar-refractivity contribution < 1.29 is 19.0 Å². The summed E-state index contributed by atoms with van der Waals surface area (Å²) < 4.78 is 16.8. The van der Waals surface area contributed by atoms with Gasteiger partial charge in [-0.15, -0.1) is 0 Å². The molecule has 0 spiro atoms. The van der Waals surface area contributed by atoms with Gasteiger partial charge < -0.3 is 14.2 Å². The zero-order valence-corrected chi connectivity index (χ0v) is 13.3. The first-order chi connectivity index (χ1) is 10.5. The molecule has 4 atom stereocenters. The van der Waals surface area contributed by atoms with Gasteiger partial charge in [-0.3, -0.25) is 9.69 Å². The van der Waals surface area contributed by atoms with Crippen LogP contribution in [-0.2, 0) is 25.5 Å². The molecule has 2 saturated heterocycles. The number of rotatable bonds is 5. The minimum Gasteiger partial charge on any atom is -0.465 e. The first kappa shape index (κ1) is 15.5. The molecule has 3 rings (SSSR count). The standard InChI is InChI=1S/C17H23NO4/c1-4-20-16(19)15-14(13-11-21-17(2,3)22-13)18(15)10-12-8-6-5-7-9-12/h5-9,13-15H,4,10-11H2,1-3H3/t13-,14?,15?,18?/m1/s1. The van der Waals surface area contributed by atoms with Gasteiger partial charge in [0.2, 0.25) is 0 Å². The molecule has 0 saturated carbocycles. The van der Waals surface area contributed by atoms with Crippen molar-refractivity contribution >= 4 is 5.97 Å². The van der Waals surface area contributed by atoms with Crippen LogP contribution in [0, 0.1) is 0 Å². The van der Waals surface area contributed by atoms with Crippen molar-refractivity contribution in [2.75, 3.05) is 13.2 Å². The van der Waals surface area contributed by atoms with Gasteiger partial charge in [-0.05, 0) is 26.3 Å². The minimum absolute atomic E-state index is 0.0287. The maximum absolute atomic E-state index is 12.2. The molecule has 5 nitrogen and oxygen atoms in total. The van der Waals surface area contributed by atoms with Gasteiger partial charge in [0.15, 0.2) is 5.79 Å². The van der Waals surface area contributed by atoms with Crippen molar-refractivity contribution in [3.8, 4) is 0 Å².